The average Bonchev–Trinajstić information content (AvgIpc) is 3.39. The van der Waals surface area contributed by atoms with E-state index in [0.717, 1.165) is 0 Å². The van der Waals surface area contributed by atoms with Gasteiger partial charge in [-0.15, -0.1) is 0 Å². The fraction of sp³-hybridized carbons (Fsp3) is 0.292. The molecule has 8 nitrogen and oxygen atoms in total. The summed E-state index contributed by atoms with van der Waals surface area (Å²) in [6.07, 6.45) is 3.30. The smallest absolute Gasteiger partial charge is 0.261 e. The second-order valence-electron chi connectivity index (χ2n) is 7.85. The number of nitrogens with two attached hydrogens (primary N) is 1. The van der Waals surface area contributed by atoms with E-state index < -0.39 is 5.92 Å². The molecule has 0 unspecified atom stereocenters. The van der Waals surface area contributed by atoms with Gasteiger partial charge in [0, 0.05) is 42.9 Å². The number of hydrogen-bond acceptors (Lipinski definition) is 7. The van der Waals surface area contributed by atoms with Crippen molar-refractivity contribution < 1.29 is 23.0 Å². The average molecular weight is 467 g/mol. The lowest BCUT2D eigenvalue weighted by Gasteiger charge is -2.17. The second-order valence-corrected chi connectivity index (χ2v) is 7.85. The number of hydrogen-bond donors (Lipinski definition) is 2. The van der Waals surface area contributed by atoms with Gasteiger partial charge in [-0.05, 0) is 18.2 Å². The number of methoxy groups -OCH3 is 2. The zero-order valence-corrected chi connectivity index (χ0v) is 18.7. The van der Waals surface area contributed by atoms with Crippen LogP contribution in [0.5, 0.6) is 11.5 Å². The summed E-state index contributed by atoms with van der Waals surface area (Å²) in [7, 11) is 3.12. The van der Waals surface area contributed by atoms with Crippen molar-refractivity contribution in [1.29, 1.82) is 0 Å². The number of aromatic amines is 1. The number of aromatic nitrogens is 3. The van der Waals surface area contributed by atoms with E-state index in [0.29, 0.717) is 45.5 Å². The maximum absolute atomic E-state index is 13.6. The molecule has 3 N–H and O–H groups in total. The van der Waals surface area contributed by atoms with Crippen LogP contribution >= 0.6 is 0 Å². The van der Waals surface area contributed by atoms with Gasteiger partial charge in [-0.2, -0.15) is 0 Å². The summed E-state index contributed by atoms with van der Waals surface area (Å²) in [5.41, 5.74) is 8.32. The number of nitrogen functional groups attached to an aromatic ring is 1. The summed E-state index contributed by atoms with van der Waals surface area (Å²) in [6.45, 7) is -0.0409. The lowest BCUT2D eigenvalue weighted by Crippen LogP contribution is -2.27. The number of aldehydes is 1. The molecular formula is C24H23F2N5O3. The Kier molecular flexibility index (Phi) is 6.47. The van der Waals surface area contributed by atoms with E-state index in [1.165, 1.54) is 6.08 Å². The standard InChI is InChI=1S/C24H23F2N5O3/c1-33-18-9-15(10-19(11-18)34-2)3-4-16-12-28-23-20(16)21(27)29-22(30-23)17(5-8-32)13-31-7-6-24(25,26)14-31/h5,8-12H,6-7,13-14H2,1-2H3,(H3,27,28,29,30). The van der Waals surface area contributed by atoms with Crippen molar-refractivity contribution in [3.8, 4) is 23.3 Å². The number of carbonyl (C=O) groups excluding carboxylic acids is 1. The van der Waals surface area contributed by atoms with Crippen LogP contribution in [0, 0.1) is 11.8 Å². The van der Waals surface area contributed by atoms with Gasteiger partial charge in [0.15, 0.2) is 5.82 Å². The Balaban J connectivity index is 1.65. The first-order chi connectivity index (χ1) is 16.3. The van der Waals surface area contributed by atoms with Crippen molar-refractivity contribution in [3.63, 3.8) is 0 Å². The molecule has 1 aromatic carbocycles. The highest BCUT2D eigenvalue weighted by molar-refractivity contribution is 5.93. The highest BCUT2D eigenvalue weighted by Gasteiger charge is 2.38. The third-order valence-electron chi connectivity index (χ3n) is 5.45. The van der Waals surface area contributed by atoms with E-state index in [1.807, 2.05) is 0 Å². The molecule has 0 radical (unpaired) electrons. The number of likely N-dealkylation sites (tertiary alicyclic amines) is 1. The number of H-pyrrole nitrogens is 1. The molecule has 0 bridgehead atoms. The van der Waals surface area contributed by atoms with Crippen LogP contribution in [-0.2, 0) is 4.79 Å². The molecule has 1 fully saturated rings. The van der Waals surface area contributed by atoms with Crippen LogP contribution in [0.2, 0.25) is 0 Å². The van der Waals surface area contributed by atoms with Crippen molar-refractivity contribution >= 4 is 28.7 Å². The quantitative estimate of drug-likeness (QED) is 0.326. The molecule has 34 heavy (non-hydrogen) atoms. The number of rotatable bonds is 6. The van der Waals surface area contributed by atoms with Gasteiger partial charge >= 0.3 is 0 Å². The summed E-state index contributed by atoms with van der Waals surface area (Å²) >= 11 is 0. The predicted octanol–water partition coefficient (Wildman–Crippen LogP) is 2.88. The molecule has 1 saturated heterocycles. The number of ether oxygens (including phenoxy) is 2. The zero-order chi connectivity index (χ0) is 24.3. The fourth-order valence-corrected chi connectivity index (χ4v) is 3.78. The highest BCUT2D eigenvalue weighted by Crippen LogP contribution is 2.29. The molecule has 0 amide bonds. The molecule has 3 aromatic rings. The Morgan fingerprint density at radius 2 is 1.97 bits per heavy atom. The summed E-state index contributed by atoms with van der Waals surface area (Å²) in [6, 6.07) is 5.30. The third kappa shape index (κ3) is 5.00. The number of allylic oxidation sites excluding steroid dienone is 1. The lowest BCUT2D eigenvalue weighted by atomic mass is 10.1. The molecule has 10 heteroatoms. The van der Waals surface area contributed by atoms with Crippen LogP contribution in [-0.4, -0.2) is 65.9 Å². The van der Waals surface area contributed by atoms with E-state index in [4.69, 9.17) is 15.2 Å². The zero-order valence-electron chi connectivity index (χ0n) is 18.7. The largest absolute Gasteiger partial charge is 0.497 e. The van der Waals surface area contributed by atoms with Gasteiger partial charge in [-0.25, -0.2) is 18.7 Å². The number of carbonyl (C=O) groups is 1. The van der Waals surface area contributed by atoms with Crippen LogP contribution in [0.3, 0.4) is 0 Å². The summed E-state index contributed by atoms with van der Waals surface area (Å²) in [5.74, 6) is 4.95. The SMILES string of the molecule is COc1cc(C#Cc2c[nH]c3nc(C(=CC=O)CN4CCC(F)(F)C4)nc(N)c23)cc(OC)c1. The van der Waals surface area contributed by atoms with E-state index in [9.17, 15) is 13.6 Å². The molecule has 1 aliphatic heterocycles. The first-order valence-electron chi connectivity index (χ1n) is 10.5. The van der Waals surface area contributed by atoms with Gasteiger partial charge in [0.1, 0.15) is 29.3 Å². The Morgan fingerprint density at radius 3 is 2.59 bits per heavy atom. The minimum absolute atomic E-state index is 0.115. The van der Waals surface area contributed by atoms with Crippen LogP contribution in [0.15, 0.2) is 30.5 Å². The van der Waals surface area contributed by atoms with Crippen LogP contribution < -0.4 is 15.2 Å². The van der Waals surface area contributed by atoms with Gasteiger partial charge in [-0.3, -0.25) is 9.69 Å². The fourth-order valence-electron chi connectivity index (χ4n) is 3.78. The Morgan fingerprint density at radius 1 is 1.24 bits per heavy atom. The minimum Gasteiger partial charge on any atom is -0.497 e. The van der Waals surface area contributed by atoms with Crippen LogP contribution in [0.4, 0.5) is 14.6 Å². The van der Waals surface area contributed by atoms with E-state index in [2.05, 4.69) is 26.8 Å². The van der Waals surface area contributed by atoms with Crippen LogP contribution in [0.25, 0.3) is 16.6 Å². The second kappa shape index (κ2) is 9.49. The van der Waals surface area contributed by atoms with Gasteiger partial charge in [0.25, 0.3) is 5.92 Å². The van der Waals surface area contributed by atoms with E-state index >= 15 is 0 Å². The van der Waals surface area contributed by atoms with E-state index in [1.54, 1.807) is 43.5 Å². The Bertz CT molecular complexity index is 1300. The van der Waals surface area contributed by atoms with Gasteiger partial charge in [-0.1, -0.05) is 11.8 Å². The van der Waals surface area contributed by atoms with Gasteiger partial charge < -0.3 is 20.2 Å². The molecule has 176 valence electrons. The molecule has 0 atom stereocenters. The van der Waals surface area contributed by atoms with Gasteiger partial charge in [0.2, 0.25) is 0 Å². The molecule has 0 aliphatic carbocycles. The lowest BCUT2D eigenvalue weighted by molar-refractivity contribution is -0.104. The molecule has 0 spiro atoms. The number of benzene rings is 1. The molecule has 1 aliphatic rings. The normalized spacial score (nSPS) is 15.7. The van der Waals surface area contributed by atoms with Crippen molar-refractivity contribution in [3.05, 3.63) is 47.4 Å². The van der Waals surface area contributed by atoms with Crippen molar-refractivity contribution in [1.82, 2.24) is 19.9 Å². The number of anilines is 1. The molecule has 3 heterocycles. The molecule has 4 rings (SSSR count). The first-order valence-corrected chi connectivity index (χ1v) is 10.5. The summed E-state index contributed by atoms with van der Waals surface area (Å²) < 4.78 is 37.7. The highest BCUT2D eigenvalue weighted by atomic mass is 19.3. The summed E-state index contributed by atoms with van der Waals surface area (Å²) in [5, 5.41) is 0.532. The topological polar surface area (TPSA) is 106 Å². The summed E-state index contributed by atoms with van der Waals surface area (Å²) in [4.78, 5) is 24.6. The third-order valence-corrected chi connectivity index (χ3v) is 5.45. The van der Waals surface area contributed by atoms with Crippen molar-refractivity contribution in [2.75, 3.05) is 39.6 Å². The van der Waals surface area contributed by atoms with Gasteiger partial charge in [0.05, 0.1) is 31.7 Å². The van der Waals surface area contributed by atoms with Crippen LogP contribution in [0.1, 0.15) is 23.4 Å². The molecular weight excluding hydrogens is 444 g/mol. The Labute approximate surface area is 194 Å². The Hall–Kier alpha value is -3.97. The monoisotopic (exact) mass is 467 g/mol. The minimum atomic E-state index is -2.74. The van der Waals surface area contributed by atoms with E-state index in [-0.39, 0.29) is 37.7 Å². The number of fused-ring (bicyclic) bond motifs is 1. The first kappa shape index (κ1) is 23.2. The maximum Gasteiger partial charge on any atom is 0.261 e. The number of halogens is 2. The number of nitrogens with zero attached hydrogens (tertiary/aromatic N) is 3. The predicted molar refractivity (Wildman–Crippen MR) is 124 cm³/mol. The number of alkyl halides is 2. The number of nitrogens with one attached hydrogen (secondary N) is 1. The molecule has 0 saturated carbocycles. The molecule has 2 aromatic heterocycles. The van der Waals surface area contributed by atoms with Crippen molar-refractivity contribution in [2.45, 2.75) is 12.3 Å². The maximum atomic E-state index is 13.6. The van der Waals surface area contributed by atoms with Crippen molar-refractivity contribution in [2.24, 2.45) is 0 Å².